The van der Waals surface area contributed by atoms with Gasteiger partial charge < -0.3 is 14.8 Å². The van der Waals surface area contributed by atoms with Crippen LogP contribution < -0.4 is 14.8 Å². The number of hydrogen-bond acceptors (Lipinski definition) is 7. The minimum absolute atomic E-state index is 0.0107. The van der Waals surface area contributed by atoms with E-state index in [-0.39, 0.29) is 36.9 Å². The van der Waals surface area contributed by atoms with Crippen LogP contribution in [0.15, 0.2) is 36.4 Å². The van der Waals surface area contributed by atoms with Gasteiger partial charge in [0.05, 0.1) is 31.3 Å². The predicted octanol–water partition coefficient (Wildman–Crippen LogP) is 1.66. The molecule has 0 unspecified atom stereocenters. The number of hydrogen-bond donors (Lipinski definition) is 1. The molecule has 1 N–H and O–H groups in total. The average molecular weight is 464 g/mol. The van der Waals surface area contributed by atoms with Crippen LogP contribution in [0.2, 0.25) is 0 Å². The second kappa shape index (κ2) is 9.96. The van der Waals surface area contributed by atoms with E-state index in [0.717, 1.165) is 11.1 Å². The van der Waals surface area contributed by atoms with Gasteiger partial charge in [-0.05, 0) is 35.2 Å². The molecule has 0 saturated heterocycles. The zero-order chi connectivity index (χ0) is 23.3. The van der Waals surface area contributed by atoms with Gasteiger partial charge in [-0.25, -0.2) is 8.42 Å². The van der Waals surface area contributed by atoms with Crippen LogP contribution in [0, 0.1) is 10.1 Å². The van der Waals surface area contributed by atoms with Crippen molar-refractivity contribution in [3.63, 3.8) is 0 Å². The first kappa shape index (κ1) is 23.5. The molecule has 1 aliphatic heterocycles. The lowest BCUT2D eigenvalue weighted by Crippen LogP contribution is -2.40. The summed E-state index contributed by atoms with van der Waals surface area (Å²) in [7, 11) is -0.489. The van der Waals surface area contributed by atoms with Crippen molar-refractivity contribution < 1.29 is 27.6 Å². The molecule has 11 heteroatoms. The maximum atomic E-state index is 12.8. The maximum absolute atomic E-state index is 12.8. The predicted molar refractivity (Wildman–Crippen MR) is 117 cm³/mol. The minimum atomic E-state index is -3.57. The van der Waals surface area contributed by atoms with Crippen LogP contribution in [0.5, 0.6) is 11.5 Å². The molecule has 0 atom stereocenters. The van der Waals surface area contributed by atoms with Gasteiger partial charge in [-0.3, -0.25) is 14.9 Å². The number of amides is 1. The van der Waals surface area contributed by atoms with Crippen molar-refractivity contribution in [3.8, 4) is 11.5 Å². The fourth-order valence-electron chi connectivity index (χ4n) is 3.53. The van der Waals surface area contributed by atoms with Crippen molar-refractivity contribution in [1.29, 1.82) is 0 Å². The summed E-state index contributed by atoms with van der Waals surface area (Å²) < 4.78 is 37.6. The Morgan fingerprint density at radius 1 is 1.12 bits per heavy atom. The fraction of sp³-hybridized carbons (Fsp3) is 0.381. The number of nitrogens with one attached hydrogen (secondary N) is 1. The molecule has 0 bridgehead atoms. The number of carbonyl (C=O) groups excluding carboxylic acids is 1. The topological polar surface area (TPSA) is 128 Å². The van der Waals surface area contributed by atoms with Gasteiger partial charge in [0, 0.05) is 31.8 Å². The summed E-state index contributed by atoms with van der Waals surface area (Å²) in [5.74, 6) is 0.582. The number of rotatable bonds is 9. The van der Waals surface area contributed by atoms with Gasteiger partial charge >= 0.3 is 0 Å². The van der Waals surface area contributed by atoms with Crippen LogP contribution >= 0.6 is 0 Å². The Bertz CT molecular complexity index is 1100. The number of benzene rings is 2. The van der Waals surface area contributed by atoms with Crippen LogP contribution in [0.4, 0.5) is 5.69 Å². The maximum Gasteiger partial charge on any atom is 0.269 e. The van der Waals surface area contributed by atoms with Crippen molar-refractivity contribution in [2.75, 3.05) is 33.1 Å². The molecule has 2 aromatic rings. The first-order valence-corrected chi connectivity index (χ1v) is 11.6. The van der Waals surface area contributed by atoms with Gasteiger partial charge in [0.25, 0.3) is 5.69 Å². The molecule has 10 nitrogen and oxygen atoms in total. The molecule has 1 amide bonds. The SMILES string of the molecule is COc1cc2c(cc1OC)CN(S(=O)(=O)CCNC(=O)Cc1ccc([N+](=O)[O-])cc1)CC2. The Hall–Kier alpha value is -3.18. The van der Waals surface area contributed by atoms with E-state index in [1.54, 1.807) is 13.2 Å². The Kier molecular flexibility index (Phi) is 7.31. The fourth-order valence-corrected chi connectivity index (χ4v) is 4.85. The normalized spacial score (nSPS) is 13.8. The number of nitro groups is 1. The smallest absolute Gasteiger partial charge is 0.269 e. The zero-order valence-electron chi connectivity index (χ0n) is 17.9. The number of non-ortho nitro benzene ring substituents is 1. The molecular formula is C21H25N3O7S. The minimum Gasteiger partial charge on any atom is -0.493 e. The molecule has 3 rings (SSSR count). The molecule has 0 radical (unpaired) electrons. The van der Waals surface area contributed by atoms with Gasteiger partial charge in [0.2, 0.25) is 15.9 Å². The lowest BCUT2D eigenvalue weighted by molar-refractivity contribution is -0.384. The van der Waals surface area contributed by atoms with E-state index in [9.17, 15) is 23.3 Å². The monoisotopic (exact) mass is 463 g/mol. The highest BCUT2D eigenvalue weighted by Crippen LogP contribution is 2.33. The molecule has 32 heavy (non-hydrogen) atoms. The average Bonchev–Trinajstić information content (AvgIpc) is 2.77. The van der Waals surface area contributed by atoms with E-state index >= 15 is 0 Å². The van der Waals surface area contributed by atoms with Gasteiger partial charge in [0.1, 0.15) is 0 Å². The Balaban J connectivity index is 1.54. The third kappa shape index (κ3) is 5.54. The van der Waals surface area contributed by atoms with Crippen LogP contribution in [-0.2, 0) is 34.2 Å². The van der Waals surface area contributed by atoms with Crippen LogP contribution in [0.3, 0.4) is 0 Å². The molecule has 0 fully saturated rings. The lowest BCUT2D eigenvalue weighted by Gasteiger charge is -2.29. The lowest BCUT2D eigenvalue weighted by atomic mass is 10.0. The Labute approximate surface area is 186 Å². The summed E-state index contributed by atoms with van der Waals surface area (Å²) in [6.07, 6.45) is 0.568. The van der Waals surface area contributed by atoms with Crippen molar-refractivity contribution in [1.82, 2.24) is 9.62 Å². The number of nitrogens with zero attached hydrogens (tertiary/aromatic N) is 2. The molecule has 1 aliphatic rings. The summed E-state index contributed by atoms with van der Waals surface area (Å²) in [6.45, 7) is 0.555. The van der Waals surface area contributed by atoms with E-state index in [0.29, 0.717) is 30.0 Å². The highest BCUT2D eigenvalue weighted by molar-refractivity contribution is 7.89. The molecule has 172 valence electrons. The Morgan fingerprint density at radius 2 is 1.75 bits per heavy atom. The number of nitro benzene ring substituents is 1. The van der Waals surface area contributed by atoms with Crippen molar-refractivity contribution >= 4 is 21.6 Å². The van der Waals surface area contributed by atoms with Crippen LogP contribution in [0.25, 0.3) is 0 Å². The summed E-state index contributed by atoms with van der Waals surface area (Å²) in [4.78, 5) is 22.3. The number of sulfonamides is 1. The molecule has 0 spiro atoms. The molecule has 0 aliphatic carbocycles. The van der Waals surface area contributed by atoms with E-state index in [1.165, 1.54) is 35.7 Å². The van der Waals surface area contributed by atoms with Gasteiger partial charge in [0.15, 0.2) is 11.5 Å². The van der Waals surface area contributed by atoms with E-state index in [4.69, 9.17) is 9.47 Å². The second-order valence-corrected chi connectivity index (χ2v) is 9.41. The summed E-state index contributed by atoms with van der Waals surface area (Å²) in [5.41, 5.74) is 2.43. The van der Waals surface area contributed by atoms with Gasteiger partial charge in [-0.15, -0.1) is 0 Å². The second-order valence-electron chi connectivity index (χ2n) is 7.33. The molecule has 1 heterocycles. The number of fused-ring (bicyclic) bond motifs is 1. The molecule has 0 aromatic heterocycles. The molecular weight excluding hydrogens is 438 g/mol. The quantitative estimate of drug-likeness (QED) is 0.442. The van der Waals surface area contributed by atoms with Crippen molar-refractivity contribution in [2.45, 2.75) is 19.4 Å². The van der Waals surface area contributed by atoms with Crippen LogP contribution in [0.1, 0.15) is 16.7 Å². The van der Waals surface area contributed by atoms with E-state index in [1.807, 2.05) is 6.07 Å². The van der Waals surface area contributed by atoms with Gasteiger partial charge in [-0.1, -0.05) is 12.1 Å². The highest BCUT2D eigenvalue weighted by Gasteiger charge is 2.27. The largest absolute Gasteiger partial charge is 0.493 e. The summed E-state index contributed by atoms with van der Waals surface area (Å²) in [5, 5.41) is 13.3. The van der Waals surface area contributed by atoms with Crippen molar-refractivity contribution in [3.05, 3.63) is 63.2 Å². The number of carbonyl (C=O) groups is 1. The van der Waals surface area contributed by atoms with Gasteiger partial charge in [-0.2, -0.15) is 4.31 Å². The van der Waals surface area contributed by atoms with E-state index in [2.05, 4.69) is 5.32 Å². The summed E-state index contributed by atoms with van der Waals surface area (Å²) >= 11 is 0. The van der Waals surface area contributed by atoms with Crippen LogP contribution in [-0.4, -0.2) is 56.6 Å². The molecule has 0 saturated carbocycles. The number of ether oxygens (including phenoxy) is 2. The first-order chi connectivity index (χ1) is 15.2. The highest BCUT2D eigenvalue weighted by atomic mass is 32.2. The van der Waals surface area contributed by atoms with E-state index < -0.39 is 14.9 Å². The third-order valence-electron chi connectivity index (χ3n) is 5.27. The molecule has 2 aromatic carbocycles. The third-order valence-corrected chi connectivity index (χ3v) is 7.09. The zero-order valence-corrected chi connectivity index (χ0v) is 18.7. The first-order valence-electron chi connectivity index (χ1n) is 9.95. The van der Waals surface area contributed by atoms with Crippen molar-refractivity contribution in [2.24, 2.45) is 0 Å². The number of methoxy groups -OCH3 is 2. The summed E-state index contributed by atoms with van der Waals surface area (Å²) in [6, 6.07) is 9.32. The standard InChI is InChI=1S/C21H25N3O7S/c1-30-19-12-16-7-9-23(14-17(16)13-20(19)31-2)32(28,29)10-8-22-21(25)11-15-3-5-18(6-4-15)24(26)27/h3-6,12-13H,7-11,14H2,1-2H3,(H,22,25). The Morgan fingerprint density at radius 3 is 2.34 bits per heavy atom.